The molecule has 0 amide bonds. The first-order valence-electron chi connectivity index (χ1n) is 7.47. The molecule has 1 unspecified atom stereocenters. The monoisotopic (exact) mass is 320 g/mol. The summed E-state index contributed by atoms with van der Waals surface area (Å²) in [6, 6.07) is 5.59. The highest BCUT2D eigenvalue weighted by molar-refractivity contribution is 7.88. The Bertz CT molecular complexity index is 769. The summed E-state index contributed by atoms with van der Waals surface area (Å²) in [7, 11) is -3.21. The SMILES string of the molecule is CCc1nccn1-c1cccc(C2CCCN2S(C)(=O)=O)n1. The van der Waals surface area contributed by atoms with E-state index in [1.807, 2.05) is 35.9 Å². The van der Waals surface area contributed by atoms with Gasteiger partial charge in [0.05, 0.1) is 18.0 Å². The average Bonchev–Trinajstić information content (AvgIpc) is 3.15. The second kappa shape index (κ2) is 5.81. The summed E-state index contributed by atoms with van der Waals surface area (Å²) in [6.07, 6.45) is 7.40. The van der Waals surface area contributed by atoms with E-state index in [9.17, 15) is 8.42 Å². The van der Waals surface area contributed by atoms with E-state index in [1.165, 1.54) is 6.26 Å². The van der Waals surface area contributed by atoms with Gasteiger partial charge in [0.15, 0.2) is 0 Å². The van der Waals surface area contributed by atoms with Crippen LogP contribution in [0, 0.1) is 0 Å². The van der Waals surface area contributed by atoms with Crippen molar-refractivity contribution < 1.29 is 8.42 Å². The van der Waals surface area contributed by atoms with Crippen molar-refractivity contribution >= 4 is 10.0 Å². The predicted molar refractivity (Wildman–Crippen MR) is 84.3 cm³/mol. The van der Waals surface area contributed by atoms with Crippen LogP contribution in [-0.4, -0.2) is 40.1 Å². The van der Waals surface area contributed by atoms with Crippen LogP contribution in [0.1, 0.15) is 37.3 Å². The summed E-state index contributed by atoms with van der Waals surface area (Å²) in [5.74, 6) is 1.73. The van der Waals surface area contributed by atoms with Crippen molar-refractivity contribution in [2.45, 2.75) is 32.2 Å². The molecule has 0 radical (unpaired) electrons. The molecule has 0 bridgehead atoms. The van der Waals surface area contributed by atoms with Crippen LogP contribution in [0.3, 0.4) is 0 Å². The molecule has 118 valence electrons. The molecule has 0 spiro atoms. The van der Waals surface area contributed by atoms with E-state index < -0.39 is 10.0 Å². The van der Waals surface area contributed by atoms with Gasteiger partial charge in [-0.3, -0.25) is 4.57 Å². The van der Waals surface area contributed by atoms with Crippen LogP contribution in [0.5, 0.6) is 0 Å². The molecule has 7 heteroatoms. The van der Waals surface area contributed by atoms with E-state index in [0.717, 1.165) is 36.6 Å². The summed E-state index contributed by atoms with van der Waals surface area (Å²) in [5.41, 5.74) is 0.802. The molecular formula is C15H20N4O2S. The Labute approximate surface area is 130 Å². The Kier molecular flexibility index (Phi) is 4.01. The number of sulfonamides is 1. The first-order chi connectivity index (χ1) is 10.5. The molecule has 1 atom stereocenters. The fourth-order valence-corrected chi connectivity index (χ4v) is 4.13. The zero-order valence-corrected chi connectivity index (χ0v) is 13.6. The topological polar surface area (TPSA) is 68.1 Å². The maximum atomic E-state index is 11.9. The maximum Gasteiger partial charge on any atom is 0.211 e. The predicted octanol–water partition coefficient (Wildman–Crippen LogP) is 1.93. The highest BCUT2D eigenvalue weighted by Gasteiger charge is 2.33. The largest absolute Gasteiger partial charge is 0.288 e. The minimum Gasteiger partial charge on any atom is -0.288 e. The Balaban J connectivity index is 1.98. The summed E-state index contributed by atoms with van der Waals surface area (Å²) < 4.78 is 27.3. The lowest BCUT2D eigenvalue weighted by atomic mass is 10.1. The number of hydrogen-bond acceptors (Lipinski definition) is 4. The molecular weight excluding hydrogens is 300 g/mol. The minimum atomic E-state index is -3.21. The van der Waals surface area contributed by atoms with Gasteiger partial charge in [0.2, 0.25) is 10.0 Å². The lowest BCUT2D eigenvalue weighted by Gasteiger charge is -2.22. The fraction of sp³-hybridized carbons (Fsp3) is 0.467. The molecule has 0 saturated carbocycles. The van der Waals surface area contributed by atoms with Crippen molar-refractivity contribution in [1.82, 2.24) is 18.8 Å². The Morgan fingerprint density at radius 3 is 2.91 bits per heavy atom. The van der Waals surface area contributed by atoms with Crippen molar-refractivity contribution in [3.05, 3.63) is 42.1 Å². The second-order valence-corrected chi connectivity index (χ2v) is 7.45. The Hall–Kier alpha value is -1.73. The summed E-state index contributed by atoms with van der Waals surface area (Å²) in [4.78, 5) is 9.00. The van der Waals surface area contributed by atoms with Crippen molar-refractivity contribution in [3.63, 3.8) is 0 Å². The van der Waals surface area contributed by atoms with Gasteiger partial charge in [0, 0.05) is 25.4 Å². The van der Waals surface area contributed by atoms with Gasteiger partial charge < -0.3 is 0 Å². The molecule has 1 aliphatic rings. The molecule has 0 aliphatic carbocycles. The molecule has 2 aromatic heterocycles. The number of hydrogen-bond donors (Lipinski definition) is 0. The summed E-state index contributed by atoms with van der Waals surface area (Å²) in [5, 5.41) is 0. The maximum absolute atomic E-state index is 11.9. The van der Waals surface area contributed by atoms with Gasteiger partial charge >= 0.3 is 0 Å². The lowest BCUT2D eigenvalue weighted by molar-refractivity contribution is 0.394. The van der Waals surface area contributed by atoms with Crippen LogP contribution in [0.15, 0.2) is 30.6 Å². The first-order valence-corrected chi connectivity index (χ1v) is 9.32. The van der Waals surface area contributed by atoms with Gasteiger partial charge in [-0.25, -0.2) is 18.4 Å². The molecule has 1 saturated heterocycles. The lowest BCUT2D eigenvalue weighted by Crippen LogP contribution is -2.30. The van der Waals surface area contributed by atoms with Gasteiger partial charge in [-0.15, -0.1) is 0 Å². The van der Waals surface area contributed by atoms with Crippen molar-refractivity contribution in [2.24, 2.45) is 0 Å². The standard InChI is InChI=1S/C15H20N4O2S/c1-3-14-16-9-11-18(14)15-8-4-6-12(17-15)13-7-5-10-19(13)22(2,20)21/h4,6,8-9,11,13H,3,5,7,10H2,1-2H3. The zero-order valence-electron chi connectivity index (χ0n) is 12.8. The quantitative estimate of drug-likeness (QED) is 0.863. The van der Waals surface area contributed by atoms with Gasteiger partial charge in [-0.1, -0.05) is 13.0 Å². The van der Waals surface area contributed by atoms with Crippen LogP contribution < -0.4 is 0 Å². The molecule has 6 nitrogen and oxygen atoms in total. The number of nitrogens with zero attached hydrogens (tertiary/aromatic N) is 4. The van der Waals surface area contributed by atoms with Gasteiger partial charge in [-0.2, -0.15) is 4.31 Å². The van der Waals surface area contributed by atoms with Crippen LogP contribution >= 0.6 is 0 Å². The third-order valence-corrected chi connectivity index (χ3v) is 5.30. The third-order valence-electron chi connectivity index (χ3n) is 4.01. The Morgan fingerprint density at radius 2 is 2.18 bits per heavy atom. The van der Waals surface area contributed by atoms with Crippen molar-refractivity contribution in [2.75, 3.05) is 12.8 Å². The smallest absolute Gasteiger partial charge is 0.211 e. The number of aryl methyl sites for hydroxylation is 1. The zero-order chi connectivity index (χ0) is 15.7. The van der Waals surface area contributed by atoms with Gasteiger partial charge in [-0.05, 0) is 25.0 Å². The molecule has 3 heterocycles. The molecule has 1 aliphatic heterocycles. The minimum absolute atomic E-state index is 0.163. The van der Waals surface area contributed by atoms with Crippen LogP contribution in [-0.2, 0) is 16.4 Å². The van der Waals surface area contributed by atoms with Crippen LogP contribution in [0.2, 0.25) is 0 Å². The molecule has 3 rings (SSSR count). The summed E-state index contributed by atoms with van der Waals surface area (Å²) >= 11 is 0. The molecule has 0 aromatic carbocycles. The number of imidazole rings is 1. The molecule has 2 aromatic rings. The Morgan fingerprint density at radius 1 is 1.36 bits per heavy atom. The van der Waals surface area contributed by atoms with Crippen molar-refractivity contribution in [3.8, 4) is 5.82 Å². The number of rotatable bonds is 4. The fourth-order valence-electron chi connectivity index (χ4n) is 3.00. The summed E-state index contributed by atoms with van der Waals surface area (Å²) in [6.45, 7) is 2.62. The third kappa shape index (κ3) is 2.78. The van der Waals surface area contributed by atoms with Crippen LogP contribution in [0.25, 0.3) is 5.82 Å². The van der Waals surface area contributed by atoms with Crippen molar-refractivity contribution in [1.29, 1.82) is 0 Å². The van der Waals surface area contributed by atoms with E-state index in [-0.39, 0.29) is 6.04 Å². The number of pyridine rings is 1. The molecule has 22 heavy (non-hydrogen) atoms. The average molecular weight is 320 g/mol. The molecule has 0 N–H and O–H groups in total. The number of aromatic nitrogens is 3. The van der Waals surface area contributed by atoms with E-state index in [4.69, 9.17) is 0 Å². The highest BCUT2D eigenvalue weighted by atomic mass is 32.2. The van der Waals surface area contributed by atoms with E-state index >= 15 is 0 Å². The van der Waals surface area contributed by atoms with Gasteiger partial charge in [0.25, 0.3) is 0 Å². The normalized spacial score (nSPS) is 19.6. The highest BCUT2D eigenvalue weighted by Crippen LogP contribution is 2.33. The van der Waals surface area contributed by atoms with Gasteiger partial charge in [0.1, 0.15) is 11.6 Å². The van der Waals surface area contributed by atoms with E-state index in [1.54, 1.807) is 10.5 Å². The first kappa shape index (κ1) is 15.2. The van der Waals surface area contributed by atoms with E-state index in [0.29, 0.717) is 6.54 Å². The van der Waals surface area contributed by atoms with Crippen LogP contribution in [0.4, 0.5) is 0 Å². The van der Waals surface area contributed by atoms with E-state index in [2.05, 4.69) is 9.97 Å². The molecule has 1 fully saturated rings. The second-order valence-electron chi connectivity index (χ2n) is 5.52.